The molecule has 1 aromatic rings. The lowest BCUT2D eigenvalue weighted by atomic mass is 9.96. The molecule has 3 N–H and O–H groups in total. The van der Waals surface area contributed by atoms with Crippen molar-refractivity contribution in [1.29, 1.82) is 0 Å². The quantitative estimate of drug-likeness (QED) is 0.673. The molecule has 1 fully saturated rings. The van der Waals surface area contributed by atoms with Gasteiger partial charge in [-0.25, -0.2) is 0 Å². The highest BCUT2D eigenvalue weighted by Crippen LogP contribution is 2.18. The monoisotopic (exact) mass is 345 g/mol. The summed E-state index contributed by atoms with van der Waals surface area (Å²) in [5.74, 6) is 0.182. The number of hydrogen-bond donors (Lipinski definition) is 2. The maximum Gasteiger partial charge on any atom is 0.224 e. The van der Waals surface area contributed by atoms with Gasteiger partial charge in [-0.15, -0.1) is 0 Å². The molecule has 138 valence electrons. The number of nitrogens with two attached hydrogens (primary N) is 1. The first-order valence-corrected chi connectivity index (χ1v) is 9.50. The maximum absolute atomic E-state index is 12.5. The summed E-state index contributed by atoms with van der Waals surface area (Å²) < 4.78 is 0. The Morgan fingerprint density at radius 2 is 1.96 bits per heavy atom. The molecule has 1 aliphatic rings. The number of piperidine rings is 1. The van der Waals surface area contributed by atoms with Gasteiger partial charge in [0.1, 0.15) is 0 Å². The smallest absolute Gasteiger partial charge is 0.224 e. The highest BCUT2D eigenvalue weighted by molar-refractivity contribution is 5.81. The fourth-order valence-electron chi connectivity index (χ4n) is 3.27. The first-order chi connectivity index (χ1) is 12.2. The Morgan fingerprint density at radius 3 is 2.72 bits per heavy atom. The van der Waals surface area contributed by atoms with Crippen LogP contribution in [0.2, 0.25) is 0 Å². The summed E-state index contributed by atoms with van der Waals surface area (Å²) >= 11 is 0. The molecule has 1 aliphatic heterocycles. The van der Waals surface area contributed by atoms with Gasteiger partial charge in [0, 0.05) is 26.1 Å². The van der Waals surface area contributed by atoms with Crippen LogP contribution in [-0.2, 0) is 16.0 Å². The van der Waals surface area contributed by atoms with Crippen molar-refractivity contribution in [3.8, 4) is 0 Å². The summed E-state index contributed by atoms with van der Waals surface area (Å²) in [6.07, 6.45) is 6.06. The molecule has 25 heavy (non-hydrogen) atoms. The highest BCUT2D eigenvalue weighted by atomic mass is 16.2. The molecule has 5 heteroatoms. The van der Waals surface area contributed by atoms with E-state index in [-0.39, 0.29) is 17.7 Å². The molecule has 0 aliphatic carbocycles. The van der Waals surface area contributed by atoms with Crippen LogP contribution in [0.3, 0.4) is 0 Å². The number of benzene rings is 1. The van der Waals surface area contributed by atoms with Crippen molar-refractivity contribution in [2.45, 2.75) is 44.9 Å². The number of carbonyl (C=O) groups excluding carboxylic acids is 2. The molecule has 0 radical (unpaired) electrons. The Balaban J connectivity index is 1.71. The molecule has 2 amide bonds. The van der Waals surface area contributed by atoms with E-state index < -0.39 is 0 Å². The number of carbonyl (C=O) groups is 2. The molecule has 0 spiro atoms. The van der Waals surface area contributed by atoms with Gasteiger partial charge in [0.05, 0.1) is 5.92 Å². The predicted molar refractivity (Wildman–Crippen MR) is 100.0 cm³/mol. The second-order valence-electron chi connectivity index (χ2n) is 6.80. The Labute approximate surface area is 151 Å². The van der Waals surface area contributed by atoms with Crippen molar-refractivity contribution in [2.75, 3.05) is 26.2 Å². The molecule has 5 nitrogen and oxygen atoms in total. The lowest BCUT2D eigenvalue weighted by Crippen LogP contribution is -2.45. The van der Waals surface area contributed by atoms with E-state index in [0.717, 1.165) is 45.1 Å². The number of hydrogen-bond acceptors (Lipinski definition) is 3. The van der Waals surface area contributed by atoms with Crippen LogP contribution in [0.25, 0.3) is 0 Å². The minimum Gasteiger partial charge on any atom is -0.356 e. The summed E-state index contributed by atoms with van der Waals surface area (Å²) in [6.45, 7) is 2.74. The average Bonchev–Trinajstić information content (AvgIpc) is 2.66. The van der Waals surface area contributed by atoms with Crippen molar-refractivity contribution < 1.29 is 9.59 Å². The molecular formula is C20H31N3O2. The van der Waals surface area contributed by atoms with Gasteiger partial charge in [0.25, 0.3) is 0 Å². The number of nitrogens with zero attached hydrogens (tertiary/aromatic N) is 1. The summed E-state index contributed by atoms with van der Waals surface area (Å²) in [6, 6.07) is 10.1. The van der Waals surface area contributed by atoms with Gasteiger partial charge in [-0.1, -0.05) is 36.8 Å². The average molecular weight is 345 g/mol. The fourth-order valence-corrected chi connectivity index (χ4v) is 3.27. The third kappa shape index (κ3) is 6.86. The summed E-state index contributed by atoms with van der Waals surface area (Å²) in [4.78, 5) is 26.6. The molecule has 1 saturated heterocycles. The highest BCUT2D eigenvalue weighted by Gasteiger charge is 2.27. The Bertz CT molecular complexity index is 533. The topological polar surface area (TPSA) is 75.4 Å². The van der Waals surface area contributed by atoms with Crippen molar-refractivity contribution >= 4 is 11.8 Å². The van der Waals surface area contributed by atoms with E-state index >= 15 is 0 Å². The van der Waals surface area contributed by atoms with E-state index in [9.17, 15) is 9.59 Å². The van der Waals surface area contributed by atoms with E-state index in [1.54, 1.807) is 0 Å². The van der Waals surface area contributed by atoms with E-state index in [1.807, 2.05) is 35.2 Å². The molecule has 1 atom stereocenters. The fraction of sp³-hybridized carbons (Fsp3) is 0.600. The summed E-state index contributed by atoms with van der Waals surface area (Å²) in [5.41, 5.74) is 6.65. The minimum absolute atomic E-state index is 0.0658. The van der Waals surface area contributed by atoms with Gasteiger partial charge in [-0.05, 0) is 44.2 Å². The number of unbranched alkanes of at least 4 members (excludes halogenated alkanes) is 2. The maximum atomic E-state index is 12.5. The summed E-state index contributed by atoms with van der Waals surface area (Å²) in [5, 5.41) is 3.01. The zero-order valence-electron chi connectivity index (χ0n) is 15.1. The van der Waals surface area contributed by atoms with Gasteiger partial charge in [-0.3, -0.25) is 9.59 Å². The normalized spacial score (nSPS) is 17.3. The second kappa shape index (κ2) is 10.9. The van der Waals surface area contributed by atoms with Crippen LogP contribution in [0, 0.1) is 5.92 Å². The molecule has 1 unspecified atom stereocenters. The molecule has 1 aromatic carbocycles. The molecular weight excluding hydrogens is 314 g/mol. The SMILES string of the molecule is NCCCCCNC(=O)C1CCCN(C(=O)CCc2ccccc2)C1. The van der Waals surface area contributed by atoms with Gasteiger partial charge >= 0.3 is 0 Å². The minimum atomic E-state index is -0.0658. The first-order valence-electron chi connectivity index (χ1n) is 9.50. The van der Waals surface area contributed by atoms with Crippen molar-refractivity contribution in [2.24, 2.45) is 11.7 Å². The van der Waals surface area contributed by atoms with E-state index in [4.69, 9.17) is 5.73 Å². The number of likely N-dealkylation sites (tertiary alicyclic amines) is 1. The number of rotatable bonds is 9. The zero-order chi connectivity index (χ0) is 17.9. The van der Waals surface area contributed by atoms with Crippen LogP contribution in [-0.4, -0.2) is 42.9 Å². The molecule has 0 bridgehead atoms. The number of amides is 2. The van der Waals surface area contributed by atoms with Gasteiger partial charge in [0.2, 0.25) is 11.8 Å². The Hall–Kier alpha value is -1.88. The van der Waals surface area contributed by atoms with Crippen LogP contribution in [0.1, 0.15) is 44.1 Å². The lowest BCUT2D eigenvalue weighted by Gasteiger charge is -2.32. The Kier molecular flexibility index (Phi) is 8.46. The molecule has 0 saturated carbocycles. The lowest BCUT2D eigenvalue weighted by molar-refractivity contribution is -0.135. The number of aryl methyl sites for hydroxylation is 1. The van der Waals surface area contributed by atoms with E-state index in [0.29, 0.717) is 26.1 Å². The summed E-state index contributed by atoms with van der Waals surface area (Å²) in [7, 11) is 0. The third-order valence-electron chi connectivity index (χ3n) is 4.80. The van der Waals surface area contributed by atoms with Gasteiger partial charge in [-0.2, -0.15) is 0 Å². The largest absolute Gasteiger partial charge is 0.356 e. The van der Waals surface area contributed by atoms with Crippen LogP contribution < -0.4 is 11.1 Å². The van der Waals surface area contributed by atoms with E-state index in [2.05, 4.69) is 5.32 Å². The van der Waals surface area contributed by atoms with Crippen molar-refractivity contribution in [3.63, 3.8) is 0 Å². The predicted octanol–water partition coefficient (Wildman–Crippen LogP) is 2.10. The third-order valence-corrected chi connectivity index (χ3v) is 4.80. The van der Waals surface area contributed by atoms with Crippen LogP contribution in [0.15, 0.2) is 30.3 Å². The van der Waals surface area contributed by atoms with E-state index in [1.165, 1.54) is 5.56 Å². The first kappa shape index (κ1) is 19.4. The van der Waals surface area contributed by atoms with Crippen molar-refractivity contribution in [1.82, 2.24) is 10.2 Å². The standard InChI is InChI=1S/C20H31N3O2/c21-13-5-2-6-14-22-20(25)18-10-7-15-23(16-18)19(24)12-11-17-8-3-1-4-9-17/h1,3-4,8-9,18H,2,5-7,10-16,21H2,(H,22,25). The van der Waals surface area contributed by atoms with Gasteiger partial charge in [0.15, 0.2) is 0 Å². The van der Waals surface area contributed by atoms with Crippen LogP contribution in [0.4, 0.5) is 0 Å². The van der Waals surface area contributed by atoms with Crippen molar-refractivity contribution in [3.05, 3.63) is 35.9 Å². The molecule has 1 heterocycles. The van der Waals surface area contributed by atoms with Crippen LogP contribution in [0.5, 0.6) is 0 Å². The number of nitrogens with one attached hydrogen (secondary N) is 1. The van der Waals surface area contributed by atoms with Gasteiger partial charge < -0.3 is 16.0 Å². The molecule has 2 rings (SSSR count). The second-order valence-corrected chi connectivity index (χ2v) is 6.80. The van der Waals surface area contributed by atoms with Crippen LogP contribution >= 0.6 is 0 Å². The molecule has 0 aromatic heterocycles. The Morgan fingerprint density at radius 1 is 1.16 bits per heavy atom. The zero-order valence-corrected chi connectivity index (χ0v) is 15.1.